The average Bonchev–Trinajstić information content (AvgIpc) is 2.49. The predicted molar refractivity (Wildman–Crippen MR) is 76.2 cm³/mol. The molecule has 3 aromatic heterocycles. The molecule has 3 rings (SSSR count). The van der Waals surface area contributed by atoms with E-state index in [4.69, 9.17) is 0 Å². The summed E-state index contributed by atoms with van der Waals surface area (Å²) in [5, 5.41) is 0. The van der Waals surface area contributed by atoms with Crippen LogP contribution in [0, 0.1) is 0 Å². The van der Waals surface area contributed by atoms with Crippen LogP contribution in [0.15, 0.2) is 59.6 Å². The van der Waals surface area contributed by atoms with Crippen molar-refractivity contribution in [3.63, 3.8) is 0 Å². The molecule has 0 fully saturated rings. The van der Waals surface area contributed by atoms with E-state index in [1.54, 1.807) is 12.4 Å². The summed E-state index contributed by atoms with van der Waals surface area (Å²) < 4.78 is 0.947. The second kappa shape index (κ2) is 5.24. The Morgan fingerprint density at radius 2 is 1.58 bits per heavy atom. The molecule has 5 heteroatoms. The van der Waals surface area contributed by atoms with E-state index in [9.17, 15) is 0 Å². The van der Waals surface area contributed by atoms with E-state index in [1.807, 2.05) is 36.4 Å². The summed E-state index contributed by atoms with van der Waals surface area (Å²) >= 11 is 3.37. The molecule has 3 aromatic rings. The number of nitrogens with zero attached hydrogens (tertiary/aromatic N) is 4. The number of hydrogen-bond acceptors (Lipinski definition) is 4. The molecule has 0 aliphatic rings. The van der Waals surface area contributed by atoms with Gasteiger partial charge >= 0.3 is 0 Å². The van der Waals surface area contributed by atoms with Gasteiger partial charge in [-0.05, 0) is 46.3 Å². The van der Waals surface area contributed by atoms with Crippen molar-refractivity contribution < 1.29 is 0 Å². The topological polar surface area (TPSA) is 51.6 Å². The van der Waals surface area contributed by atoms with Gasteiger partial charge in [0.2, 0.25) is 0 Å². The van der Waals surface area contributed by atoms with Crippen LogP contribution in [0.1, 0.15) is 0 Å². The Hall–Kier alpha value is -2.14. The summed E-state index contributed by atoms with van der Waals surface area (Å²) in [6.07, 6.45) is 4.98. The molecule has 0 spiro atoms. The van der Waals surface area contributed by atoms with Crippen molar-refractivity contribution in [1.82, 2.24) is 19.9 Å². The van der Waals surface area contributed by atoms with Gasteiger partial charge in [0.05, 0.1) is 22.8 Å². The molecule has 92 valence electrons. The van der Waals surface area contributed by atoms with Gasteiger partial charge in [0, 0.05) is 16.9 Å². The first-order valence-corrected chi connectivity index (χ1v) is 6.47. The van der Waals surface area contributed by atoms with E-state index in [-0.39, 0.29) is 0 Å². The van der Waals surface area contributed by atoms with Gasteiger partial charge in [-0.2, -0.15) is 0 Å². The van der Waals surface area contributed by atoms with Crippen molar-refractivity contribution in [1.29, 1.82) is 0 Å². The third-order valence-corrected chi connectivity index (χ3v) is 3.05. The Morgan fingerprint density at radius 1 is 0.789 bits per heavy atom. The predicted octanol–water partition coefficient (Wildman–Crippen LogP) is 3.36. The highest BCUT2D eigenvalue weighted by molar-refractivity contribution is 9.10. The van der Waals surface area contributed by atoms with Crippen molar-refractivity contribution in [3.8, 4) is 22.8 Å². The highest BCUT2D eigenvalue weighted by Crippen LogP contribution is 2.20. The van der Waals surface area contributed by atoms with Gasteiger partial charge in [-0.25, -0.2) is 15.0 Å². The van der Waals surface area contributed by atoms with Crippen molar-refractivity contribution in [2.24, 2.45) is 0 Å². The number of hydrogen-bond donors (Lipinski definition) is 0. The molecule has 0 unspecified atom stereocenters. The lowest BCUT2D eigenvalue weighted by Crippen LogP contribution is -1.91. The van der Waals surface area contributed by atoms with E-state index in [0.717, 1.165) is 27.2 Å². The van der Waals surface area contributed by atoms with Crippen LogP contribution in [-0.2, 0) is 0 Å². The fourth-order valence-electron chi connectivity index (χ4n) is 1.69. The maximum Gasteiger partial charge on any atom is 0.116 e. The summed E-state index contributed by atoms with van der Waals surface area (Å²) in [7, 11) is 0. The third kappa shape index (κ3) is 2.66. The largest absolute Gasteiger partial charge is 0.253 e. The minimum atomic E-state index is 0.800. The average molecular weight is 313 g/mol. The van der Waals surface area contributed by atoms with E-state index >= 15 is 0 Å². The molecule has 0 atom stereocenters. The minimum absolute atomic E-state index is 0.800. The number of aromatic nitrogens is 4. The van der Waals surface area contributed by atoms with Crippen LogP contribution in [0.2, 0.25) is 0 Å². The van der Waals surface area contributed by atoms with Gasteiger partial charge < -0.3 is 0 Å². The molecule has 0 aliphatic carbocycles. The Morgan fingerprint density at radius 3 is 2.21 bits per heavy atom. The van der Waals surface area contributed by atoms with Crippen LogP contribution in [0.4, 0.5) is 0 Å². The van der Waals surface area contributed by atoms with Gasteiger partial charge in [-0.15, -0.1) is 0 Å². The monoisotopic (exact) mass is 312 g/mol. The molecule has 0 amide bonds. The Bertz CT molecular complexity index is 683. The zero-order valence-corrected chi connectivity index (χ0v) is 11.4. The van der Waals surface area contributed by atoms with Gasteiger partial charge in [-0.3, -0.25) is 4.98 Å². The van der Waals surface area contributed by atoms with Crippen molar-refractivity contribution in [3.05, 3.63) is 59.6 Å². The van der Waals surface area contributed by atoms with E-state index < -0.39 is 0 Å². The lowest BCUT2D eigenvalue weighted by atomic mass is 10.2. The summed E-state index contributed by atoms with van der Waals surface area (Å²) in [5.41, 5.74) is 3.27. The molecule has 0 saturated carbocycles. The standard InChI is InChI=1S/C14H9BrN4/c15-10-4-5-11(17-8-10)13-2-1-3-14(19-13)12-6-7-16-9-18-12/h1-9H. The zero-order valence-electron chi connectivity index (χ0n) is 9.86. The SMILES string of the molecule is Brc1ccc(-c2cccc(-c3ccncn3)n2)nc1. The van der Waals surface area contributed by atoms with Crippen LogP contribution < -0.4 is 0 Å². The quantitative estimate of drug-likeness (QED) is 0.728. The summed E-state index contributed by atoms with van der Waals surface area (Å²) in [5.74, 6) is 0. The summed E-state index contributed by atoms with van der Waals surface area (Å²) in [6.45, 7) is 0. The van der Waals surface area contributed by atoms with E-state index in [0.29, 0.717) is 0 Å². The fourth-order valence-corrected chi connectivity index (χ4v) is 1.92. The highest BCUT2D eigenvalue weighted by atomic mass is 79.9. The van der Waals surface area contributed by atoms with Crippen LogP contribution in [0.5, 0.6) is 0 Å². The number of halogens is 1. The Labute approximate surface area is 118 Å². The smallest absolute Gasteiger partial charge is 0.116 e. The van der Waals surface area contributed by atoms with Crippen molar-refractivity contribution in [2.75, 3.05) is 0 Å². The molecule has 0 N–H and O–H groups in total. The molecule has 0 bridgehead atoms. The normalized spacial score (nSPS) is 10.4. The second-order valence-electron chi connectivity index (χ2n) is 3.86. The Kier molecular flexibility index (Phi) is 3.29. The van der Waals surface area contributed by atoms with Gasteiger partial charge in [0.25, 0.3) is 0 Å². The molecule has 0 aromatic carbocycles. The molecular formula is C14H9BrN4. The first-order chi connectivity index (χ1) is 9.33. The van der Waals surface area contributed by atoms with Crippen molar-refractivity contribution >= 4 is 15.9 Å². The molecule has 0 aliphatic heterocycles. The molecule has 3 heterocycles. The summed E-state index contributed by atoms with van der Waals surface area (Å²) in [4.78, 5) is 17.0. The molecule has 0 radical (unpaired) electrons. The highest BCUT2D eigenvalue weighted by Gasteiger charge is 2.04. The van der Waals surface area contributed by atoms with Crippen LogP contribution >= 0.6 is 15.9 Å². The first-order valence-electron chi connectivity index (χ1n) is 5.68. The van der Waals surface area contributed by atoms with E-state index in [1.165, 1.54) is 6.33 Å². The second-order valence-corrected chi connectivity index (χ2v) is 4.78. The molecule has 19 heavy (non-hydrogen) atoms. The summed E-state index contributed by atoms with van der Waals surface area (Å²) in [6, 6.07) is 11.5. The van der Waals surface area contributed by atoms with Crippen molar-refractivity contribution in [2.45, 2.75) is 0 Å². The lowest BCUT2D eigenvalue weighted by molar-refractivity contribution is 1.15. The Balaban J connectivity index is 2.03. The maximum absolute atomic E-state index is 4.57. The number of pyridine rings is 2. The van der Waals surface area contributed by atoms with Crippen LogP contribution in [-0.4, -0.2) is 19.9 Å². The van der Waals surface area contributed by atoms with Gasteiger partial charge in [-0.1, -0.05) is 6.07 Å². The lowest BCUT2D eigenvalue weighted by Gasteiger charge is -2.03. The zero-order chi connectivity index (χ0) is 13.1. The first kappa shape index (κ1) is 11.9. The van der Waals surface area contributed by atoms with Gasteiger partial charge in [0.1, 0.15) is 6.33 Å². The maximum atomic E-state index is 4.57. The van der Waals surface area contributed by atoms with Crippen LogP contribution in [0.3, 0.4) is 0 Å². The number of rotatable bonds is 2. The molecule has 0 saturated heterocycles. The molecule has 4 nitrogen and oxygen atoms in total. The van der Waals surface area contributed by atoms with Gasteiger partial charge in [0.15, 0.2) is 0 Å². The van der Waals surface area contributed by atoms with E-state index in [2.05, 4.69) is 35.9 Å². The fraction of sp³-hybridized carbons (Fsp3) is 0. The van der Waals surface area contributed by atoms with Crippen LogP contribution in [0.25, 0.3) is 22.8 Å². The molecular weight excluding hydrogens is 304 g/mol. The third-order valence-electron chi connectivity index (χ3n) is 2.58. The minimum Gasteiger partial charge on any atom is -0.253 e.